The van der Waals surface area contributed by atoms with Gasteiger partial charge in [-0.15, -0.1) is 0 Å². The highest BCUT2D eigenvalue weighted by Crippen LogP contribution is 2.27. The second-order valence-electron chi connectivity index (χ2n) is 4.69. The molecule has 2 N–H and O–H groups in total. The lowest BCUT2D eigenvalue weighted by Gasteiger charge is -2.17. The molecule has 0 aliphatic carbocycles. The molecule has 2 aromatic carbocycles. The van der Waals surface area contributed by atoms with Crippen LogP contribution in [0, 0.1) is 0 Å². The van der Waals surface area contributed by atoms with Gasteiger partial charge in [0.05, 0.1) is 18.8 Å². The summed E-state index contributed by atoms with van der Waals surface area (Å²) in [6.07, 6.45) is 0. The molecule has 2 rings (SSSR count). The van der Waals surface area contributed by atoms with Gasteiger partial charge in [-0.3, -0.25) is 0 Å². The van der Waals surface area contributed by atoms with Crippen molar-refractivity contribution >= 4 is 34.9 Å². The zero-order chi connectivity index (χ0) is 16.1. The monoisotopic (exact) mass is 338 g/mol. The number of ether oxygens (including phenoxy) is 1. The second-order valence-corrected chi connectivity index (χ2v) is 5.53. The minimum absolute atomic E-state index is 0.264. The van der Waals surface area contributed by atoms with Crippen LogP contribution in [0.3, 0.4) is 0 Å². The van der Waals surface area contributed by atoms with Crippen molar-refractivity contribution in [2.45, 2.75) is 13.0 Å². The molecule has 4 nitrogen and oxygen atoms in total. The Hall–Kier alpha value is -1.91. The predicted molar refractivity (Wildman–Crippen MR) is 90.0 cm³/mol. The van der Waals surface area contributed by atoms with Crippen molar-refractivity contribution in [3.63, 3.8) is 0 Å². The standard InChI is InChI=1S/C16H16Cl2N2O2/c1-10(12-8-7-11(17)9-13(12)18)19-16(21)20-14-5-3-4-6-15(14)22-2/h3-10H,1-2H3,(H2,19,20,21)/t10-/m0/s1. The van der Waals surface area contributed by atoms with E-state index in [-0.39, 0.29) is 12.1 Å². The van der Waals surface area contributed by atoms with Gasteiger partial charge in [0.1, 0.15) is 5.75 Å². The second kappa shape index (κ2) is 7.38. The third-order valence-electron chi connectivity index (χ3n) is 3.13. The van der Waals surface area contributed by atoms with Gasteiger partial charge in [0.2, 0.25) is 0 Å². The summed E-state index contributed by atoms with van der Waals surface area (Å²) in [4.78, 5) is 12.1. The maximum Gasteiger partial charge on any atom is 0.319 e. The minimum atomic E-state index is -0.344. The summed E-state index contributed by atoms with van der Waals surface area (Å²) in [7, 11) is 1.55. The van der Waals surface area contributed by atoms with Crippen molar-refractivity contribution < 1.29 is 9.53 Å². The normalized spacial score (nSPS) is 11.6. The Morgan fingerprint density at radius 1 is 1.18 bits per heavy atom. The van der Waals surface area contributed by atoms with Crippen LogP contribution in [0.25, 0.3) is 0 Å². The average molecular weight is 339 g/mol. The fourth-order valence-electron chi connectivity index (χ4n) is 2.03. The molecule has 0 aliphatic heterocycles. The molecule has 2 aromatic rings. The first kappa shape index (κ1) is 16.5. The summed E-state index contributed by atoms with van der Waals surface area (Å²) < 4.78 is 5.19. The number of amides is 2. The molecule has 0 bridgehead atoms. The van der Waals surface area contributed by atoms with E-state index in [4.69, 9.17) is 27.9 Å². The summed E-state index contributed by atoms with van der Waals surface area (Å²) in [6, 6.07) is 11.7. The van der Waals surface area contributed by atoms with Crippen molar-refractivity contribution in [1.82, 2.24) is 5.32 Å². The molecule has 0 fully saturated rings. The first-order valence-corrected chi connectivity index (χ1v) is 7.42. The molecule has 0 saturated heterocycles. The van der Waals surface area contributed by atoms with Gasteiger partial charge in [0.15, 0.2) is 0 Å². The van der Waals surface area contributed by atoms with Gasteiger partial charge in [-0.1, -0.05) is 41.4 Å². The lowest BCUT2D eigenvalue weighted by molar-refractivity contribution is 0.249. The molecule has 0 unspecified atom stereocenters. The molecule has 0 saturated carbocycles. The quantitative estimate of drug-likeness (QED) is 0.834. The van der Waals surface area contributed by atoms with Crippen LogP contribution in [-0.2, 0) is 0 Å². The Labute approximate surface area is 139 Å². The molecule has 0 aliphatic rings. The van der Waals surface area contributed by atoms with Crippen molar-refractivity contribution in [2.75, 3.05) is 12.4 Å². The van der Waals surface area contributed by atoms with Gasteiger partial charge in [0, 0.05) is 10.0 Å². The Morgan fingerprint density at radius 2 is 1.91 bits per heavy atom. The summed E-state index contributed by atoms with van der Waals surface area (Å²) in [5, 5.41) is 6.64. The highest BCUT2D eigenvalue weighted by molar-refractivity contribution is 6.35. The molecule has 0 aromatic heterocycles. The van der Waals surface area contributed by atoms with Crippen molar-refractivity contribution in [2.24, 2.45) is 0 Å². The van der Waals surface area contributed by atoms with E-state index in [1.54, 1.807) is 37.4 Å². The molecule has 0 heterocycles. The molecule has 6 heteroatoms. The van der Waals surface area contributed by atoms with Crippen molar-refractivity contribution in [1.29, 1.82) is 0 Å². The van der Waals surface area contributed by atoms with Gasteiger partial charge >= 0.3 is 6.03 Å². The van der Waals surface area contributed by atoms with Crippen LogP contribution < -0.4 is 15.4 Å². The van der Waals surface area contributed by atoms with Gasteiger partial charge in [-0.25, -0.2) is 4.79 Å². The van der Waals surface area contributed by atoms with E-state index in [0.29, 0.717) is 21.5 Å². The topological polar surface area (TPSA) is 50.4 Å². The van der Waals surface area contributed by atoms with Crippen LogP contribution in [0.4, 0.5) is 10.5 Å². The highest BCUT2D eigenvalue weighted by atomic mass is 35.5. The van der Waals surface area contributed by atoms with E-state index < -0.39 is 0 Å². The van der Waals surface area contributed by atoms with E-state index in [1.807, 2.05) is 19.1 Å². The van der Waals surface area contributed by atoms with Gasteiger partial charge in [-0.2, -0.15) is 0 Å². The maximum atomic E-state index is 12.1. The van der Waals surface area contributed by atoms with Crippen molar-refractivity contribution in [3.8, 4) is 5.75 Å². The molecular weight excluding hydrogens is 323 g/mol. The molecule has 116 valence electrons. The Balaban J connectivity index is 2.05. The first-order chi connectivity index (χ1) is 10.5. The molecule has 1 atom stereocenters. The zero-order valence-corrected chi connectivity index (χ0v) is 13.7. The number of benzene rings is 2. The number of carbonyl (C=O) groups excluding carboxylic acids is 1. The number of halogens is 2. The summed E-state index contributed by atoms with van der Waals surface area (Å²) in [5.41, 5.74) is 1.39. The van der Waals surface area contributed by atoms with Gasteiger partial charge in [0.25, 0.3) is 0 Å². The van der Waals surface area contributed by atoms with Crippen LogP contribution in [0.5, 0.6) is 5.75 Å². The first-order valence-electron chi connectivity index (χ1n) is 6.66. The fraction of sp³-hybridized carbons (Fsp3) is 0.188. The number of rotatable bonds is 4. The molecule has 22 heavy (non-hydrogen) atoms. The Kier molecular flexibility index (Phi) is 5.52. The number of para-hydroxylation sites is 2. The van der Waals surface area contributed by atoms with E-state index in [0.717, 1.165) is 5.56 Å². The van der Waals surface area contributed by atoms with E-state index in [1.165, 1.54) is 0 Å². The predicted octanol–water partition coefficient (Wildman–Crippen LogP) is 4.88. The summed E-state index contributed by atoms with van der Waals surface area (Å²) in [5.74, 6) is 0.592. The van der Waals surface area contributed by atoms with Crippen LogP contribution >= 0.6 is 23.2 Å². The van der Waals surface area contributed by atoms with E-state index in [2.05, 4.69) is 10.6 Å². The number of methoxy groups -OCH3 is 1. The number of urea groups is 1. The van der Waals surface area contributed by atoms with Crippen molar-refractivity contribution in [3.05, 3.63) is 58.1 Å². The smallest absolute Gasteiger partial charge is 0.319 e. The lowest BCUT2D eigenvalue weighted by Crippen LogP contribution is -2.31. The Bertz CT molecular complexity index is 677. The molecule has 0 spiro atoms. The molecule has 2 amide bonds. The third-order valence-corrected chi connectivity index (χ3v) is 3.69. The number of anilines is 1. The van der Waals surface area contributed by atoms with Gasteiger partial charge < -0.3 is 15.4 Å². The van der Waals surface area contributed by atoms with Crippen LogP contribution in [0.2, 0.25) is 10.0 Å². The maximum absolute atomic E-state index is 12.1. The highest BCUT2D eigenvalue weighted by Gasteiger charge is 2.14. The zero-order valence-electron chi connectivity index (χ0n) is 12.2. The number of hydrogen-bond acceptors (Lipinski definition) is 2. The molecule has 0 radical (unpaired) electrons. The number of nitrogens with one attached hydrogen (secondary N) is 2. The number of hydrogen-bond donors (Lipinski definition) is 2. The Morgan fingerprint density at radius 3 is 2.59 bits per heavy atom. The van der Waals surface area contributed by atoms with E-state index >= 15 is 0 Å². The SMILES string of the molecule is COc1ccccc1NC(=O)N[C@@H](C)c1ccc(Cl)cc1Cl. The van der Waals surface area contributed by atoms with Crippen LogP contribution in [0.1, 0.15) is 18.5 Å². The molecular formula is C16H16Cl2N2O2. The largest absolute Gasteiger partial charge is 0.495 e. The number of carbonyl (C=O) groups is 1. The minimum Gasteiger partial charge on any atom is -0.495 e. The van der Waals surface area contributed by atoms with Crippen LogP contribution in [-0.4, -0.2) is 13.1 Å². The van der Waals surface area contributed by atoms with Crippen LogP contribution in [0.15, 0.2) is 42.5 Å². The fourth-order valence-corrected chi connectivity index (χ4v) is 2.61. The average Bonchev–Trinajstić information content (AvgIpc) is 2.47. The summed E-state index contributed by atoms with van der Waals surface area (Å²) in [6.45, 7) is 1.84. The summed E-state index contributed by atoms with van der Waals surface area (Å²) >= 11 is 12.0. The van der Waals surface area contributed by atoms with Gasteiger partial charge in [-0.05, 0) is 36.8 Å². The van der Waals surface area contributed by atoms with E-state index in [9.17, 15) is 4.79 Å². The third kappa shape index (κ3) is 4.06. The lowest BCUT2D eigenvalue weighted by atomic mass is 10.1.